The summed E-state index contributed by atoms with van der Waals surface area (Å²) in [5.41, 5.74) is 14.0. The van der Waals surface area contributed by atoms with Crippen LogP contribution in [0.4, 0.5) is 0 Å². The molecule has 0 aromatic heterocycles. The Bertz CT molecular complexity index is 409. The molecule has 92 valence electrons. The van der Waals surface area contributed by atoms with Crippen LogP contribution in [0.2, 0.25) is 5.02 Å². The van der Waals surface area contributed by atoms with E-state index >= 15 is 0 Å². The van der Waals surface area contributed by atoms with Gasteiger partial charge in [0.05, 0.1) is 6.04 Å². The van der Waals surface area contributed by atoms with Crippen molar-refractivity contribution in [3.05, 3.63) is 34.9 Å². The summed E-state index contributed by atoms with van der Waals surface area (Å²) < 4.78 is 0. The van der Waals surface area contributed by atoms with Crippen LogP contribution in [0.1, 0.15) is 30.9 Å². The van der Waals surface area contributed by atoms with Crippen molar-refractivity contribution in [2.45, 2.75) is 37.4 Å². The van der Waals surface area contributed by atoms with Crippen LogP contribution in [0.25, 0.3) is 0 Å². The Morgan fingerprint density at radius 2 is 2.00 bits per heavy atom. The number of benzene rings is 1. The van der Waals surface area contributed by atoms with Crippen molar-refractivity contribution in [2.24, 2.45) is 11.7 Å². The van der Waals surface area contributed by atoms with E-state index in [4.69, 9.17) is 17.3 Å². The number of hydrogen-bond donors (Lipinski definition) is 3. The molecule has 1 aromatic carbocycles. The van der Waals surface area contributed by atoms with Crippen LogP contribution in [0, 0.1) is 5.92 Å². The van der Waals surface area contributed by atoms with Gasteiger partial charge in [-0.15, -0.1) is 0 Å². The van der Waals surface area contributed by atoms with Gasteiger partial charge in [-0.2, -0.15) is 0 Å². The molecule has 4 atom stereocenters. The number of rotatable bonds is 1. The first-order chi connectivity index (χ1) is 8.25. The molecule has 0 bridgehead atoms. The van der Waals surface area contributed by atoms with Crippen LogP contribution in [0.5, 0.6) is 0 Å². The van der Waals surface area contributed by atoms with E-state index < -0.39 is 0 Å². The van der Waals surface area contributed by atoms with Crippen molar-refractivity contribution in [3.8, 4) is 0 Å². The van der Waals surface area contributed by atoms with Gasteiger partial charge < -0.3 is 5.73 Å². The maximum Gasteiger partial charge on any atom is 0.0521 e. The molecular weight excluding hydrogens is 234 g/mol. The van der Waals surface area contributed by atoms with Crippen molar-refractivity contribution in [2.75, 3.05) is 0 Å². The molecular formula is C13H18ClN3. The minimum absolute atomic E-state index is 0.292. The third-order valence-electron chi connectivity index (χ3n) is 4.03. The lowest BCUT2D eigenvalue weighted by Crippen LogP contribution is -2.39. The molecule has 1 saturated carbocycles. The van der Waals surface area contributed by atoms with Crippen LogP contribution in [-0.2, 0) is 0 Å². The maximum absolute atomic E-state index is 6.27. The van der Waals surface area contributed by atoms with E-state index in [1.807, 2.05) is 18.2 Å². The van der Waals surface area contributed by atoms with E-state index in [1.165, 1.54) is 5.56 Å². The fraction of sp³-hybridized carbons (Fsp3) is 0.538. The van der Waals surface area contributed by atoms with Gasteiger partial charge in [-0.3, -0.25) is 5.43 Å². The molecule has 0 amide bonds. The lowest BCUT2D eigenvalue weighted by molar-refractivity contribution is 0.279. The standard InChI is InChI=1S/C13H18ClN3/c14-11-4-2-1-3-9(11)13-10-7-8(15)5-6-12(10)16-17-13/h1-4,8,10,12-13,16-17H,5-7,15H2. The lowest BCUT2D eigenvalue weighted by Gasteiger charge is -2.31. The summed E-state index contributed by atoms with van der Waals surface area (Å²) in [6.45, 7) is 0. The molecule has 3 nitrogen and oxygen atoms in total. The second-order valence-corrected chi connectivity index (χ2v) is 5.54. The second kappa shape index (κ2) is 4.58. The molecule has 1 aliphatic heterocycles. The molecule has 4 N–H and O–H groups in total. The predicted molar refractivity (Wildman–Crippen MR) is 69.6 cm³/mol. The van der Waals surface area contributed by atoms with Crippen LogP contribution >= 0.6 is 11.6 Å². The summed E-state index contributed by atoms with van der Waals surface area (Å²) in [5, 5.41) is 0.839. The first-order valence-electron chi connectivity index (χ1n) is 6.27. The van der Waals surface area contributed by atoms with E-state index in [2.05, 4.69) is 16.9 Å². The molecule has 1 saturated heterocycles. The van der Waals surface area contributed by atoms with Crippen molar-refractivity contribution >= 4 is 11.6 Å². The van der Waals surface area contributed by atoms with E-state index in [1.54, 1.807) is 0 Å². The number of hydrogen-bond acceptors (Lipinski definition) is 3. The van der Waals surface area contributed by atoms with Gasteiger partial charge in [-0.05, 0) is 36.8 Å². The van der Waals surface area contributed by atoms with Crippen LogP contribution in [-0.4, -0.2) is 12.1 Å². The summed E-state index contributed by atoms with van der Waals surface area (Å²) in [4.78, 5) is 0. The number of halogens is 1. The van der Waals surface area contributed by atoms with Gasteiger partial charge in [-0.1, -0.05) is 29.8 Å². The SMILES string of the molecule is NC1CCC2NNC(c3ccccc3Cl)C2C1. The summed E-state index contributed by atoms with van der Waals surface area (Å²) >= 11 is 6.27. The Hall–Kier alpha value is -0.610. The molecule has 0 spiro atoms. The van der Waals surface area contributed by atoms with Gasteiger partial charge in [0.1, 0.15) is 0 Å². The van der Waals surface area contributed by atoms with Crippen LogP contribution in [0.3, 0.4) is 0 Å². The molecule has 1 aliphatic carbocycles. The summed E-state index contributed by atoms with van der Waals surface area (Å²) in [6.07, 6.45) is 3.34. The van der Waals surface area contributed by atoms with E-state index in [0.717, 1.165) is 24.3 Å². The molecule has 2 aliphatic rings. The third kappa shape index (κ3) is 2.08. The first-order valence-corrected chi connectivity index (χ1v) is 6.64. The van der Waals surface area contributed by atoms with Crippen molar-refractivity contribution in [3.63, 3.8) is 0 Å². The van der Waals surface area contributed by atoms with Crippen molar-refractivity contribution in [1.82, 2.24) is 10.9 Å². The Kier molecular flexibility index (Phi) is 3.09. The highest BCUT2D eigenvalue weighted by atomic mass is 35.5. The lowest BCUT2D eigenvalue weighted by atomic mass is 9.77. The van der Waals surface area contributed by atoms with Gasteiger partial charge >= 0.3 is 0 Å². The molecule has 1 heterocycles. The van der Waals surface area contributed by atoms with Crippen molar-refractivity contribution in [1.29, 1.82) is 0 Å². The predicted octanol–water partition coefficient (Wildman–Crippen LogP) is 1.98. The zero-order valence-corrected chi connectivity index (χ0v) is 10.5. The van der Waals surface area contributed by atoms with Crippen molar-refractivity contribution < 1.29 is 0 Å². The number of hydrazine groups is 1. The molecule has 1 aromatic rings. The molecule has 4 heteroatoms. The fourth-order valence-corrected chi connectivity index (χ4v) is 3.38. The molecule has 4 unspecified atom stereocenters. The topological polar surface area (TPSA) is 50.1 Å². The zero-order chi connectivity index (χ0) is 11.8. The molecule has 2 fully saturated rings. The highest BCUT2D eigenvalue weighted by molar-refractivity contribution is 6.31. The average Bonchev–Trinajstić information content (AvgIpc) is 2.72. The minimum Gasteiger partial charge on any atom is -0.328 e. The first kappa shape index (κ1) is 11.5. The quantitative estimate of drug-likeness (QED) is 0.716. The zero-order valence-electron chi connectivity index (χ0n) is 9.70. The van der Waals surface area contributed by atoms with Crippen LogP contribution < -0.4 is 16.6 Å². The summed E-state index contributed by atoms with van der Waals surface area (Å²) in [7, 11) is 0. The van der Waals surface area contributed by atoms with Gasteiger partial charge in [0.2, 0.25) is 0 Å². The Labute approximate surface area is 107 Å². The second-order valence-electron chi connectivity index (χ2n) is 5.13. The average molecular weight is 252 g/mol. The van der Waals surface area contributed by atoms with Crippen LogP contribution in [0.15, 0.2) is 24.3 Å². The Morgan fingerprint density at radius 3 is 2.82 bits per heavy atom. The highest BCUT2D eigenvalue weighted by Gasteiger charge is 2.40. The van der Waals surface area contributed by atoms with Gasteiger partial charge in [0.25, 0.3) is 0 Å². The van der Waals surface area contributed by atoms with Gasteiger partial charge in [0.15, 0.2) is 0 Å². The number of nitrogens with one attached hydrogen (secondary N) is 2. The summed E-state index contributed by atoms with van der Waals surface area (Å²) in [6, 6.07) is 9.23. The minimum atomic E-state index is 0.292. The Balaban J connectivity index is 1.87. The summed E-state index contributed by atoms with van der Waals surface area (Å²) in [5.74, 6) is 0.554. The van der Waals surface area contributed by atoms with E-state index in [-0.39, 0.29) is 0 Å². The van der Waals surface area contributed by atoms with E-state index in [9.17, 15) is 0 Å². The van der Waals surface area contributed by atoms with E-state index in [0.29, 0.717) is 24.0 Å². The number of fused-ring (bicyclic) bond motifs is 1. The normalized spacial score (nSPS) is 36.8. The monoisotopic (exact) mass is 251 g/mol. The highest BCUT2D eigenvalue weighted by Crippen LogP contribution is 2.39. The number of nitrogens with two attached hydrogens (primary N) is 1. The third-order valence-corrected chi connectivity index (χ3v) is 4.38. The molecule has 3 rings (SSSR count). The largest absolute Gasteiger partial charge is 0.328 e. The molecule has 17 heavy (non-hydrogen) atoms. The Morgan fingerprint density at radius 1 is 1.18 bits per heavy atom. The maximum atomic E-state index is 6.27. The van der Waals surface area contributed by atoms with Gasteiger partial charge in [-0.25, -0.2) is 5.43 Å². The smallest absolute Gasteiger partial charge is 0.0521 e. The fourth-order valence-electron chi connectivity index (χ4n) is 3.13. The van der Waals surface area contributed by atoms with Gasteiger partial charge in [0, 0.05) is 17.1 Å². The molecule has 0 radical (unpaired) electrons.